The molecule has 0 heterocycles. The Bertz CT molecular complexity index is 526. The van der Waals surface area contributed by atoms with Gasteiger partial charge in [-0.25, -0.2) is 13.1 Å². The van der Waals surface area contributed by atoms with Crippen molar-refractivity contribution < 1.29 is 17.9 Å². The van der Waals surface area contributed by atoms with Gasteiger partial charge in [-0.3, -0.25) is 0 Å². The van der Waals surface area contributed by atoms with Gasteiger partial charge in [-0.2, -0.15) is 0 Å². The summed E-state index contributed by atoms with van der Waals surface area (Å²) in [6.45, 7) is 4.52. The lowest BCUT2D eigenvalue weighted by Gasteiger charge is -2.14. The molecular formula is C13H21NO4S. The van der Waals surface area contributed by atoms with E-state index in [1.54, 1.807) is 20.1 Å². The Balaban J connectivity index is 3.00. The molecule has 6 heteroatoms. The summed E-state index contributed by atoms with van der Waals surface area (Å²) >= 11 is 0. The van der Waals surface area contributed by atoms with Crippen molar-refractivity contribution in [2.75, 3.05) is 27.4 Å². The maximum atomic E-state index is 12.3. The smallest absolute Gasteiger partial charge is 0.244 e. The molecule has 0 aliphatic rings. The molecular weight excluding hydrogens is 266 g/mol. The Morgan fingerprint density at radius 3 is 2.47 bits per heavy atom. The first-order valence-electron chi connectivity index (χ1n) is 6.06. The number of methoxy groups -OCH3 is 2. The molecule has 0 radical (unpaired) electrons. The quantitative estimate of drug-likeness (QED) is 0.774. The maximum Gasteiger partial charge on any atom is 0.244 e. The van der Waals surface area contributed by atoms with Gasteiger partial charge in [-0.15, -0.1) is 0 Å². The second kappa shape index (κ2) is 6.88. The highest BCUT2D eigenvalue weighted by Gasteiger charge is 2.21. The third kappa shape index (κ3) is 4.19. The van der Waals surface area contributed by atoms with Gasteiger partial charge >= 0.3 is 0 Å². The van der Waals surface area contributed by atoms with E-state index in [2.05, 4.69) is 4.72 Å². The summed E-state index contributed by atoms with van der Waals surface area (Å²) in [4.78, 5) is 0.206. The molecule has 0 saturated carbocycles. The molecule has 0 saturated heterocycles. The summed E-state index contributed by atoms with van der Waals surface area (Å²) in [6.07, 6.45) is 0.628. The summed E-state index contributed by atoms with van der Waals surface area (Å²) in [5, 5.41) is 0. The van der Waals surface area contributed by atoms with Crippen molar-refractivity contribution in [3.8, 4) is 5.75 Å². The van der Waals surface area contributed by atoms with Crippen LogP contribution >= 0.6 is 0 Å². The molecule has 108 valence electrons. The van der Waals surface area contributed by atoms with Crippen LogP contribution in [0.25, 0.3) is 0 Å². The molecule has 0 aliphatic carbocycles. The zero-order valence-corrected chi connectivity index (χ0v) is 12.6. The lowest BCUT2D eigenvalue weighted by Crippen LogP contribution is -2.26. The van der Waals surface area contributed by atoms with E-state index in [4.69, 9.17) is 9.47 Å². The third-order valence-corrected chi connectivity index (χ3v) is 4.34. The first-order chi connectivity index (χ1) is 8.92. The van der Waals surface area contributed by atoms with Gasteiger partial charge in [0.25, 0.3) is 0 Å². The first-order valence-corrected chi connectivity index (χ1v) is 7.54. The fraction of sp³-hybridized carbons (Fsp3) is 0.538. The van der Waals surface area contributed by atoms with E-state index in [9.17, 15) is 8.42 Å². The molecule has 1 aromatic rings. The summed E-state index contributed by atoms with van der Waals surface area (Å²) < 4.78 is 37.2. The molecule has 0 spiro atoms. The van der Waals surface area contributed by atoms with Crippen LogP contribution in [0.2, 0.25) is 0 Å². The monoisotopic (exact) mass is 287 g/mol. The van der Waals surface area contributed by atoms with E-state index in [1.165, 1.54) is 7.11 Å². The highest BCUT2D eigenvalue weighted by molar-refractivity contribution is 7.89. The van der Waals surface area contributed by atoms with E-state index in [0.717, 1.165) is 5.56 Å². The van der Waals surface area contributed by atoms with Crippen LogP contribution in [-0.2, 0) is 14.8 Å². The predicted molar refractivity (Wildman–Crippen MR) is 74.1 cm³/mol. The molecule has 1 N–H and O–H groups in total. The fourth-order valence-electron chi connectivity index (χ4n) is 1.91. The highest BCUT2D eigenvalue weighted by atomic mass is 32.2. The summed E-state index contributed by atoms with van der Waals surface area (Å²) in [5.74, 6) is 0.372. The van der Waals surface area contributed by atoms with Gasteiger partial charge in [0.15, 0.2) is 0 Å². The van der Waals surface area contributed by atoms with Crippen molar-refractivity contribution >= 4 is 10.0 Å². The Labute approximate surface area is 115 Å². The average Bonchev–Trinajstić information content (AvgIpc) is 2.33. The van der Waals surface area contributed by atoms with Crippen molar-refractivity contribution in [1.29, 1.82) is 0 Å². The van der Waals surface area contributed by atoms with Crippen LogP contribution in [-0.4, -0.2) is 35.8 Å². The van der Waals surface area contributed by atoms with Crippen LogP contribution < -0.4 is 9.46 Å². The lowest BCUT2D eigenvalue weighted by atomic mass is 10.1. The molecule has 1 rings (SSSR count). The molecule has 0 atom stereocenters. The number of rotatable bonds is 7. The van der Waals surface area contributed by atoms with Gasteiger partial charge in [-0.05, 0) is 37.5 Å². The maximum absolute atomic E-state index is 12.3. The van der Waals surface area contributed by atoms with Crippen molar-refractivity contribution in [3.63, 3.8) is 0 Å². The fourth-order valence-corrected chi connectivity index (χ4v) is 3.35. The molecule has 0 unspecified atom stereocenters. The summed E-state index contributed by atoms with van der Waals surface area (Å²) in [7, 11) is -0.506. The van der Waals surface area contributed by atoms with Crippen LogP contribution in [0.15, 0.2) is 17.0 Å². The van der Waals surface area contributed by atoms with Gasteiger partial charge in [0.2, 0.25) is 10.0 Å². The third-order valence-electron chi connectivity index (χ3n) is 2.69. The minimum absolute atomic E-state index is 0.206. The van der Waals surface area contributed by atoms with E-state index in [1.807, 2.05) is 13.0 Å². The Hall–Kier alpha value is -1.11. The number of sulfonamides is 1. The van der Waals surface area contributed by atoms with E-state index < -0.39 is 10.0 Å². The van der Waals surface area contributed by atoms with Crippen LogP contribution in [0.4, 0.5) is 0 Å². The summed E-state index contributed by atoms with van der Waals surface area (Å²) in [5.41, 5.74) is 1.64. The molecule has 0 aliphatic heterocycles. The Morgan fingerprint density at radius 1 is 1.21 bits per heavy atom. The van der Waals surface area contributed by atoms with Crippen LogP contribution in [0.5, 0.6) is 5.75 Å². The summed E-state index contributed by atoms with van der Waals surface area (Å²) in [6, 6.07) is 3.54. The molecule has 5 nitrogen and oxygen atoms in total. The Kier molecular flexibility index (Phi) is 5.78. The topological polar surface area (TPSA) is 64.6 Å². The zero-order chi connectivity index (χ0) is 14.5. The largest absolute Gasteiger partial charge is 0.495 e. The van der Waals surface area contributed by atoms with Crippen molar-refractivity contribution in [1.82, 2.24) is 4.72 Å². The molecule has 0 aromatic heterocycles. The van der Waals surface area contributed by atoms with Gasteiger partial charge < -0.3 is 9.47 Å². The second-order valence-corrected chi connectivity index (χ2v) is 6.06. The van der Waals surface area contributed by atoms with Crippen molar-refractivity contribution in [2.24, 2.45) is 0 Å². The number of nitrogens with one attached hydrogen (secondary N) is 1. The van der Waals surface area contributed by atoms with Gasteiger partial charge in [0, 0.05) is 20.3 Å². The zero-order valence-electron chi connectivity index (χ0n) is 11.8. The number of aryl methyl sites for hydroxylation is 2. The highest BCUT2D eigenvalue weighted by Crippen LogP contribution is 2.28. The van der Waals surface area contributed by atoms with Crippen LogP contribution in [0, 0.1) is 13.8 Å². The number of hydrogen-bond acceptors (Lipinski definition) is 4. The Morgan fingerprint density at radius 2 is 1.89 bits per heavy atom. The van der Waals surface area contributed by atoms with Gasteiger partial charge in [-0.1, -0.05) is 6.07 Å². The second-order valence-electron chi connectivity index (χ2n) is 4.36. The number of hydrogen-bond donors (Lipinski definition) is 1. The first kappa shape index (κ1) is 15.9. The molecule has 0 amide bonds. The lowest BCUT2D eigenvalue weighted by molar-refractivity contribution is 0.196. The van der Waals surface area contributed by atoms with Gasteiger partial charge in [0.05, 0.1) is 7.11 Å². The van der Waals surface area contributed by atoms with E-state index in [-0.39, 0.29) is 4.90 Å². The SMILES string of the molecule is COCCCNS(=O)(=O)c1c(C)cc(C)cc1OC. The minimum atomic E-state index is -3.56. The van der Waals surface area contributed by atoms with E-state index >= 15 is 0 Å². The minimum Gasteiger partial charge on any atom is -0.495 e. The van der Waals surface area contributed by atoms with Crippen LogP contribution in [0.3, 0.4) is 0 Å². The van der Waals surface area contributed by atoms with Crippen molar-refractivity contribution in [2.45, 2.75) is 25.2 Å². The number of benzene rings is 1. The predicted octanol–water partition coefficient (Wildman–Crippen LogP) is 1.63. The normalized spacial score (nSPS) is 11.6. The molecule has 0 bridgehead atoms. The average molecular weight is 287 g/mol. The molecule has 1 aromatic carbocycles. The van der Waals surface area contributed by atoms with Crippen molar-refractivity contribution in [3.05, 3.63) is 23.3 Å². The van der Waals surface area contributed by atoms with Crippen LogP contribution in [0.1, 0.15) is 17.5 Å². The molecule has 19 heavy (non-hydrogen) atoms. The number of ether oxygens (including phenoxy) is 2. The van der Waals surface area contributed by atoms with Gasteiger partial charge in [0.1, 0.15) is 10.6 Å². The standard InChI is InChI=1S/C13H21NO4S/c1-10-8-11(2)13(12(9-10)18-4)19(15,16)14-6-5-7-17-3/h8-9,14H,5-7H2,1-4H3. The molecule has 0 fully saturated rings. The van der Waals surface area contributed by atoms with E-state index in [0.29, 0.717) is 30.9 Å².